The highest BCUT2D eigenvalue weighted by Gasteiger charge is 2.18. The normalized spacial score (nSPS) is 14.7. The van der Waals surface area contributed by atoms with Crippen molar-refractivity contribution in [2.24, 2.45) is 0 Å². The third-order valence-electron chi connectivity index (χ3n) is 4.89. The van der Waals surface area contributed by atoms with E-state index in [0.717, 1.165) is 23.1 Å². The van der Waals surface area contributed by atoms with Crippen LogP contribution in [0.4, 0.5) is 0 Å². The fraction of sp³-hybridized carbons (Fsp3) is 0.0800. The number of hydrogen-bond donors (Lipinski definition) is 0. The molecule has 0 aromatic heterocycles. The van der Waals surface area contributed by atoms with E-state index in [1.165, 1.54) is 11.1 Å². The van der Waals surface area contributed by atoms with E-state index in [-0.39, 0.29) is 11.7 Å². The van der Waals surface area contributed by atoms with E-state index in [9.17, 15) is 4.79 Å². The second-order valence-electron chi connectivity index (χ2n) is 6.51. The average molecular weight is 336 g/mol. The number of benzene rings is 3. The summed E-state index contributed by atoms with van der Waals surface area (Å²) < 4.78 is 0. The van der Waals surface area contributed by atoms with E-state index in [1.807, 2.05) is 36.4 Å². The van der Waals surface area contributed by atoms with Gasteiger partial charge in [0, 0.05) is 11.5 Å². The minimum atomic E-state index is 0.0866. The topological polar surface area (TPSA) is 17.1 Å². The number of rotatable bonds is 4. The molecule has 4 rings (SSSR count). The molecule has 0 fully saturated rings. The van der Waals surface area contributed by atoms with Crippen molar-refractivity contribution in [2.75, 3.05) is 0 Å². The second-order valence-corrected chi connectivity index (χ2v) is 6.51. The monoisotopic (exact) mass is 336 g/mol. The van der Waals surface area contributed by atoms with Crippen LogP contribution in [0.3, 0.4) is 0 Å². The number of ketones is 1. The molecular weight excluding hydrogens is 316 g/mol. The molecule has 0 bridgehead atoms. The molecule has 0 amide bonds. The van der Waals surface area contributed by atoms with E-state index in [1.54, 1.807) is 6.08 Å². The molecule has 0 saturated heterocycles. The first-order valence-electron chi connectivity index (χ1n) is 8.95. The van der Waals surface area contributed by atoms with E-state index in [4.69, 9.17) is 0 Å². The summed E-state index contributed by atoms with van der Waals surface area (Å²) in [5.74, 6) is 0.319. The van der Waals surface area contributed by atoms with Gasteiger partial charge in [-0.15, -0.1) is 0 Å². The van der Waals surface area contributed by atoms with Gasteiger partial charge < -0.3 is 0 Å². The van der Waals surface area contributed by atoms with Crippen molar-refractivity contribution >= 4 is 17.4 Å². The Morgan fingerprint density at radius 1 is 0.692 bits per heavy atom. The Morgan fingerprint density at radius 3 is 1.92 bits per heavy atom. The molecule has 0 aliphatic heterocycles. The Bertz CT molecular complexity index is 926. The van der Waals surface area contributed by atoms with Crippen LogP contribution in [0.5, 0.6) is 0 Å². The Hall–Kier alpha value is -3.19. The van der Waals surface area contributed by atoms with Crippen LogP contribution in [0.15, 0.2) is 97.1 Å². The molecule has 1 aliphatic rings. The highest BCUT2D eigenvalue weighted by Crippen LogP contribution is 2.32. The molecule has 1 heteroatoms. The van der Waals surface area contributed by atoms with Gasteiger partial charge in [0.05, 0.1) is 0 Å². The van der Waals surface area contributed by atoms with Crippen molar-refractivity contribution in [3.8, 4) is 0 Å². The number of fused-ring (bicyclic) bond motifs is 1. The molecule has 1 aliphatic carbocycles. The average Bonchev–Trinajstić information content (AvgIpc) is 2.71. The maximum Gasteiger partial charge on any atom is 0.186 e. The van der Waals surface area contributed by atoms with Gasteiger partial charge in [0.1, 0.15) is 0 Å². The number of carbonyl (C=O) groups is 1. The molecule has 0 saturated carbocycles. The molecule has 1 nitrogen and oxygen atoms in total. The zero-order valence-electron chi connectivity index (χ0n) is 14.5. The largest absolute Gasteiger partial charge is 0.289 e. The molecule has 26 heavy (non-hydrogen) atoms. The number of carbonyl (C=O) groups excluding carboxylic acids is 1. The molecule has 126 valence electrons. The molecule has 0 radical (unpaired) electrons. The fourth-order valence-corrected chi connectivity index (χ4v) is 3.56. The predicted molar refractivity (Wildman–Crippen MR) is 108 cm³/mol. The summed E-state index contributed by atoms with van der Waals surface area (Å²) >= 11 is 0. The van der Waals surface area contributed by atoms with Gasteiger partial charge in [-0.3, -0.25) is 4.79 Å². The summed E-state index contributed by atoms with van der Waals surface area (Å²) in [7, 11) is 0. The van der Waals surface area contributed by atoms with Gasteiger partial charge >= 0.3 is 0 Å². The van der Waals surface area contributed by atoms with Gasteiger partial charge in [-0.25, -0.2) is 0 Å². The van der Waals surface area contributed by atoms with Gasteiger partial charge in [-0.2, -0.15) is 0 Å². The van der Waals surface area contributed by atoms with Gasteiger partial charge in [0.15, 0.2) is 5.78 Å². The predicted octanol–water partition coefficient (Wildman–Crippen LogP) is 5.89. The lowest BCUT2D eigenvalue weighted by Gasteiger charge is -2.18. The van der Waals surface area contributed by atoms with Crippen molar-refractivity contribution in [3.63, 3.8) is 0 Å². The SMILES string of the molecule is O=C1C=Cc2ccccc2/C1=C\CC(c1ccccc1)c1ccccc1. The van der Waals surface area contributed by atoms with Crippen LogP contribution in [0.1, 0.15) is 34.6 Å². The summed E-state index contributed by atoms with van der Waals surface area (Å²) in [5.41, 5.74) is 5.47. The molecule has 0 atom stereocenters. The maximum absolute atomic E-state index is 12.5. The molecule has 0 N–H and O–H groups in total. The molecule has 0 unspecified atom stereocenters. The summed E-state index contributed by atoms with van der Waals surface area (Å²) in [6.45, 7) is 0. The van der Waals surface area contributed by atoms with Crippen LogP contribution >= 0.6 is 0 Å². The Labute approximate surface area is 154 Å². The molecule has 3 aromatic carbocycles. The van der Waals surface area contributed by atoms with Crippen LogP contribution in [0.25, 0.3) is 11.6 Å². The molecule has 3 aromatic rings. The lowest BCUT2D eigenvalue weighted by atomic mass is 9.85. The van der Waals surface area contributed by atoms with Crippen LogP contribution in [-0.2, 0) is 4.79 Å². The third kappa shape index (κ3) is 3.29. The first-order valence-corrected chi connectivity index (χ1v) is 8.95. The number of allylic oxidation sites excluding steroid dienone is 3. The standard InChI is InChI=1S/C25H20O/c26-25-18-15-21-13-7-8-14-23(21)24(25)17-16-22(19-9-3-1-4-10-19)20-11-5-2-6-12-20/h1-15,17-18,22H,16H2/b24-17+. The van der Waals surface area contributed by atoms with Crippen LogP contribution in [0, 0.1) is 0 Å². The quantitative estimate of drug-likeness (QED) is 0.543. The minimum absolute atomic E-state index is 0.0866. The van der Waals surface area contributed by atoms with Gasteiger partial charge in [0.25, 0.3) is 0 Å². The fourth-order valence-electron chi connectivity index (χ4n) is 3.56. The molecule has 0 heterocycles. The Balaban J connectivity index is 1.72. The van der Waals surface area contributed by atoms with E-state index in [0.29, 0.717) is 0 Å². The van der Waals surface area contributed by atoms with E-state index in [2.05, 4.69) is 60.7 Å². The van der Waals surface area contributed by atoms with Crippen molar-refractivity contribution in [2.45, 2.75) is 12.3 Å². The summed E-state index contributed by atoms with van der Waals surface area (Å²) in [6.07, 6.45) is 6.47. The van der Waals surface area contributed by atoms with Gasteiger partial charge in [-0.05, 0) is 34.8 Å². The smallest absolute Gasteiger partial charge is 0.186 e. The highest BCUT2D eigenvalue weighted by atomic mass is 16.1. The summed E-state index contributed by atoms with van der Waals surface area (Å²) in [6, 6.07) is 29.1. The third-order valence-corrected chi connectivity index (χ3v) is 4.89. The van der Waals surface area contributed by atoms with Crippen molar-refractivity contribution in [3.05, 3.63) is 119 Å². The van der Waals surface area contributed by atoms with Crippen molar-refractivity contribution in [1.82, 2.24) is 0 Å². The molecule has 0 spiro atoms. The summed E-state index contributed by atoms with van der Waals surface area (Å²) in [5, 5.41) is 0. The van der Waals surface area contributed by atoms with Crippen molar-refractivity contribution in [1.29, 1.82) is 0 Å². The van der Waals surface area contributed by atoms with Crippen LogP contribution in [0.2, 0.25) is 0 Å². The van der Waals surface area contributed by atoms with Gasteiger partial charge in [0.2, 0.25) is 0 Å². The zero-order chi connectivity index (χ0) is 17.8. The summed E-state index contributed by atoms with van der Waals surface area (Å²) in [4.78, 5) is 12.5. The Morgan fingerprint density at radius 2 is 1.27 bits per heavy atom. The second kappa shape index (κ2) is 7.37. The first kappa shape index (κ1) is 16.3. The Kier molecular flexibility index (Phi) is 4.61. The van der Waals surface area contributed by atoms with Crippen LogP contribution in [-0.4, -0.2) is 5.78 Å². The molecular formula is C25H20O. The maximum atomic E-state index is 12.5. The lowest BCUT2D eigenvalue weighted by Crippen LogP contribution is -2.06. The van der Waals surface area contributed by atoms with E-state index < -0.39 is 0 Å². The first-order chi connectivity index (χ1) is 12.8. The minimum Gasteiger partial charge on any atom is -0.289 e. The number of hydrogen-bond acceptors (Lipinski definition) is 1. The van der Waals surface area contributed by atoms with Crippen LogP contribution < -0.4 is 0 Å². The lowest BCUT2D eigenvalue weighted by molar-refractivity contribution is -0.109. The van der Waals surface area contributed by atoms with Crippen molar-refractivity contribution < 1.29 is 4.79 Å². The zero-order valence-corrected chi connectivity index (χ0v) is 14.5. The van der Waals surface area contributed by atoms with E-state index >= 15 is 0 Å². The van der Waals surface area contributed by atoms with Gasteiger partial charge in [-0.1, -0.05) is 97.1 Å². The highest BCUT2D eigenvalue weighted by molar-refractivity contribution is 6.29.